The Balaban J connectivity index is 1.40. The third-order valence-corrected chi connectivity index (χ3v) is 5.36. The minimum Gasteiger partial charge on any atom is -0.419 e. The van der Waals surface area contributed by atoms with Crippen molar-refractivity contribution < 1.29 is 9.21 Å². The Morgan fingerprint density at radius 2 is 1.97 bits per heavy atom. The van der Waals surface area contributed by atoms with Crippen molar-refractivity contribution in [2.24, 2.45) is 0 Å². The van der Waals surface area contributed by atoms with E-state index in [0.717, 1.165) is 34.3 Å². The van der Waals surface area contributed by atoms with E-state index in [0.29, 0.717) is 18.3 Å². The normalized spacial score (nSPS) is 11.2. The molecule has 0 atom stereocenters. The number of nitrogens with zero attached hydrogens (tertiary/aromatic N) is 3. The molecule has 0 saturated heterocycles. The zero-order chi connectivity index (χ0) is 20.1. The molecule has 4 rings (SSSR count). The van der Waals surface area contributed by atoms with Gasteiger partial charge in [-0.1, -0.05) is 43.3 Å². The van der Waals surface area contributed by atoms with Gasteiger partial charge >= 0.3 is 0 Å². The van der Waals surface area contributed by atoms with Crippen LogP contribution in [0.3, 0.4) is 0 Å². The lowest BCUT2D eigenvalue weighted by Gasteiger charge is -2.19. The summed E-state index contributed by atoms with van der Waals surface area (Å²) in [7, 11) is 0. The monoisotopic (exact) mass is 406 g/mol. The Morgan fingerprint density at radius 3 is 2.76 bits per heavy atom. The average molecular weight is 407 g/mol. The van der Waals surface area contributed by atoms with Crippen LogP contribution in [0.2, 0.25) is 0 Å². The van der Waals surface area contributed by atoms with Crippen LogP contribution in [-0.4, -0.2) is 34.1 Å². The Hall–Kier alpha value is -3.03. The van der Waals surface area contributed by atoms with E-state index in [-0.39, 0.29) is 12.5 Å². The molecule has 4 aromatic rings. The van der Waals surface area contributed by atoms with Gasteiger partial charge in [-0.2, -0.15) is 0 Å². The van der Waals surface area contributed by atoms with Gasteiger partial charge in [0, 0.05) is 5.69 Å². The van der Waals surface area contributed by atoms with Gasteiger partial charge in [0.05, 0.1) is 18.0 Å². The SMILES string of the molecule is CCCN(CC(=O)Nc1ccc2ccccc2c1)Cc1nnc(-c2cccs2)o1. The van der Waals surface area contributed by atoms with Crippen molar-refractivity contribution in [1.82, 2.24) is 15.1 Å². The van der Waals surface area contributed by atoms with Gasteiger partial charge in [0.1, 0.15) is 0 Å². The van der Waals surface area contributed by atoms with Crippen LogP contribution in [0.5, 0.6) is 0 Å². The molecule has 0 unspecified atom stereocenters. The number of amides is 1. The Bertz CT molecular complexity index is 1090. The predicted octanol–water partition coefficient (Wildman–Crippen LogP) is 4.80. The molecule has 148 valence electrons. The zero-order valence-corrected chi connectivity index (χ0v) is 17.0. The van der Waals surface area contributed by atoms with Crippen molar-refractivity contribution >= 4 is 33.7 Å². The first kappa shape index (κ1) is 19.3. The molecule has 0 aliphatic carbocycles. The maximum Gasteiger partial charge on any atom is 0.257 e. The van der Waals surface area contributed by atoms with Gasteiger partial charge in [-0.15, -0.1) is 21.5 Å². The molecule has 0 aliphatic heterocycles. The van der Waals surface area contributed by atoms with E-state index < -0.39 is 0 Å². The summed E-state index contributed by atoms with van der Waals surface area (Å²) >= 11 is 1.56. The Labute approximate surface area is 173 Å². The lowest BCUT2D eigenvalue weighted by atomic mass is 10.1. The second-order valence-corrected chi connectivity index (χ2v) is 7.75. The highest BCUT2D eigenvalue weighted by Gasteiger charge is 2.16. The minimum absolute atomic E-state index is 0.0632. The van der Waals surface area contributed by atoms with Crippen LogP contribution < -0.4 is 5.32 Å². The van der Waals surface area contributed by atoms with E-state index in [4.69, 9.17) is 4.42 Å². The van der Waals surface area contributed by atoms with Gasteiger partial charge in [-0.05, 0) is 47.3 Å². The maximum atomic E-state index is 12.6. The average Bonchev–Trinajstić information content (AvgIpc) is 3.40. The molecule has 2 aromatic carbocycles. The van der Waals surface area contributed by atoms with Crippen molar-refractivity contribution in [3.05, 3.63) is 65.9 Å². The topological polar surface area (TPSA) is 71.3 Å². The van der Waals surface area contributed by atoms with E-state index in [9.17, 15) is 4.79 Å². The molecular weight excluding hydrogens is 384 g/mol. The summed E-state index contributed by atoms with van der Waals surface area (Å²) < 4.78 is 5.77. The molecular formula is C22H22N4O2S. The number of hydrogen-bond donors (Lipinski definition) is 1. The summed E-state index contributed by atoms with van der Waals surface area (Å²) in [5.41, 5.74) is 0.794. The van der Waals surface area contributed by atoms with Crippen LogP contribution in [-0.2, 0) is 11.3 Å². The number of nitrogens with one attached hydrogen (secondary N) is 1. The quantitative estimate of drug-likeness (QED) is 0.455. The summed E-state index contributed by atoms with van der Waals surface area (Å²) in [6.07, 6.45) is 0.926. The van der Waals surface area contributed by atoms with Crippen LogP contribution in [0.15, 0.2) is 64.4 Å². The fraction of sp³-hybridized carbons (Fsp3) is 0.227. The Morgan fingerprint density at radius 1 is 1.10 bits per heavy atom. The van der Waals surface area contributed by atoms with E-state index in [1.54, 1.807) is 11.3 Å². The van der Waals surface area contributed by atoms with Crippen LogP contribution in [0.1, 0.15) is 19.2 Å². The van der Waals surface area contributed by atoms with Crippen molar-refractivity contribution in [3.8, 4) is 10.8 Å². The lowest BCUT2D eigenvalue weighted by molar-refractivity contribution is -0.117. The largest absolute Gasteiger partial charge is 0.419 e. The van der Waals surface area contributed by atoms with E-state index in [2.05, 4.69) is 28.5 Å². The molecule has 0 fully saturated rings. The molecule has 2 aromatic heterocycles. The number of benzene rings is 2. The standard InChI is InChI=1S/C22H22N4O2S/c1-2-11-26(15-21-24-25-22(28-21)19-8-5-12-29-19)14-20(27)23-18-10-9-16-6-3-4-7-17(16)13-18/h3-10,12-13H,2,11,14-15H2,1H3,(H,23,27). The summed E-state index contributed by atoms with van der Waals surface area (Å²) in [6.45, 7) is 3.55. The smallest absolute Gasteiger partial charge is 0.257 e. The Kier molecular flexibility index (Phi) is 5.97. The fourth-order valence-electron chi connectivity index (χ4n) is 3.21. The summed E-state index contributed by atoms with van der Waals surface area (Å²) in [5.74, 6) is 0.971. The number of aromatic nitrogens is 2. The molecule has 0 radical (unpaired) electrons. The molecule has 0 bridgehead atoms. The summed E-state index contributed by atoms with van der Waals surface area (Å²) in [4.78, 5) is 15.6. The van der Waals surface area contributed by atoms with E-state index in [1.807, 2.05) is 58.8 Å². The number of fused-ring (bicyclic) bond motifs is 1. The third-order valence-electron chi connectivity index (χ3n) is 4.50. The molecule has 0 saturated carbocycles. The van der Waals surface area contributed by atoms with Crippen LogP contribution in [0.4, 0.5) is 5.69 Å². The first-order chi connectivity index (χ1) is 14.2. The fourth-order valence-corrected chi connectivity index (χ4v) is 3.85. The zero-order valence-electron chi connectivity index (χ0n) is 16.2. The molecule has 0 spiro atoms. The van der Waals surface area contributed by atoms with Gasteiger partial charge in [-0.3, -0.25) is 9.69 Å². The number of rotatable bonds is 8. The van der Waals surface area contributed by atoms with Crippen molar-refractivity contribution in [3.63, 3.8) is 0 Å². The first-order valence-electron chi connectivity index (χ1n) is 9.58. The highest BCUT2D eigenvalue weighted by molar-refractivity contribution is 7.13. The number of anilines is 1. The first-order valence-corrected chi connectivity index (χ1v) is 10.5. The van der Waals surface area contributed by atoms with E-state index in [1.165, 1.54) is 0 Å². The summed E-state index contributed by atoms with van der Waals surface area (Å²) in [6, 6.07) is 17.9. The van der Waals surface area contributed by atoms with Crippen LogP contribution in [0, 0.1) is 0 Å². The highest BCUT2D eigenvalue weighted by Crippen LogP contribution is 2.23. The molecule has 0 aliphatic rings. The molecule has 29 heavy (non-hydrogen) atoms. The van der Waals surface area contributed by atoms with Gasteiger partial charge in [-0.25, -0.2) is 0 Å². The van der Waals surface area contributed by atoms with Crippen molar-refractivity contribution in [1.29, 1.82) is 0 Å². The summed E-state index contributed by atoms with van der Waals surface area (Å²) in [5, 5.41) is 15.5. The van der Waals surface area contributed by atoms with Crippen LogP contribution in [0.25, 0.3) is 21.5 Å². The van der Waals surface area contributed by atoms with Gasteiger partial charge in [0.15, 0.2) is 0 Å². The van der Waals surface area contributed by atoms with Gasteiger partial charge < -0.3 is 9.73 Å². The second kappa shape index (κ2) is 8.98. The maximum absolute atomic E-state index is 12.6. The minimum atomic E-state index is -0.0632. The number of carbonyl (C=O) groups is 1. The molecule has 6 nitrogen and oxygen atoms in total. The number of hydrogen-bond acceptors (Lipinski definition) is 6. The highest BCUT2D eigenvalue weighted by atomic mass is 32.1. The third kappa shape index (κ3) is 4.88. The van der Waals surface area contributed by atoms with Crippen molar-refractivity contribution in [2.45, 2.75) is 19.9 Å². The van der Waals surface area contributed by atoms with Crippen molar-refractivity contribution in [2.75, 3.05) is 18.4 Å². The molecule has 7 heteroatoms. The van der Waals surface area contributed by atoms with E-state index >= 15 is 0 Å². The lowest BCUT2D eigenvalue weighted by Crippen LogP contribution is -2.33. The van der Waals surface area contributed by atoms with Crippen LogP contribution >= 0.6 is 11.3 Å². The van der Waals surface area contributed by atoms with Gasteiger partial charge in [0.25, 0.3) is 5.89 Å². The molecule has 2 heterocycles. The molecule has 1 N–H and O–H groups in total. The number of carbonyl (C=O) groups excluding carboxylic acids is 1. The predicted molar refractivity (Wildman–Crippen MR) is 116 cm³/mol. The van der Waals surface area contributed by atoms with Gasteiger partial charge in [0.2, 0.25) is 11.8 Å². The number of thiophene rings is 1. The molecule has 1 amide bonds. The second-order valence-electron chi connectivity index (χ2n) is 6.80.